The third-order valence-electron chi connectivity index (χ3n) is 4.09. The molecule has 2 heterocycles. The summed E-state index contributed by atoms with van der Waals surface area (Å²) in [6.45, 7) is 8.29. The number of nitrogens with zero attached hydrogens (tertiary/aromatic N) is 2. The van der Waals surface area contributed by atoms with Crippen LogP contribution >= 0.6 is 0 Å². The van der Waals surface area contributed by atoms with Gasteiger partial charge in [0.05, 0.1) is 18.1 Å². The summed E-state index contributed by atoms with van der Waals surface area (Å²) < 4.78 is 37.5. The molecule has 3 rings (SSSR count). The maximum atomic E-state index is 13.1. The van der Waals surface area contributed by atoms with E-state index < -0.39 is 9.84 Å². The minimum Gasteiger partial charge on any atom is -0.424 e. The van der Waals surface area contributed by atoms with Gasteiger partial charge in [0.1, 0.15) is 0 Å². The third-order valence-corrected chi connectivity index (χ3v) is 5.76. The number of aryl methyl sites for hydroxylation is 1. The van der Waals surface area contributed by atoms with E-state index in [0.717, 1.165) is 5.56 Å². The zero-order valence-corrected chi connectivity index (χ0v) is 15.7. The SMILES string of the molecule is Cc1ccc(S(=O)(=O)c2nc(CC(C)C)oc2N2CCOCC2)cc1. The van der Waals surface area contributed by atoms with E-state index in [-0.39, 0.29) is 9.92 Å². The van der Waals surface area contributed by atoms with Crippen LogP contribution < -0.4 is 4.90 Å². The molecule has 0 saturated carbocycles. The molecular weight excluding hydrogens is 340 g/mol. The number of oxazole rings is 1. The minimum atomic E-state index is -3.74. The normalized spacial score (nSPS) is 15.8. The molecule has 1 aliphatic heterocycles. The van der Waals surface area contributed by atoms with Gasteiger partial charge < -0.3 is 14.1 Å². The van der Waals surface area contributed by atoms with Gasteiger partial charge in [-0.1, -0.05) is 31.5 Å². The van der Waals surface area contributed by atoms with Crippen LogP contribution in [0.3, 0.4) is 0 Å². The number of aromatic nitrogens is 1. The second kappa shape index (κ2) is 7.17. The van der Waals surface area contributed by atoms with Gasteiger partial charge >= 0.3 is 0 Å². The van der Waals surface area contributed by atoms with Crippen molar-refractivity contribution in [2.24, 2.45) is 5.92 Å². The number of ether oxygens (including phenoxy) is 1. The first-order chi connectivity index (χ1) is 11.9. The Bertz CT molecular complexity index is 819. The summed E-state index contributed by atoms with van der Waals surface area (Å²) in [6.07, 6.45) is 0.598. The molecular formula is C18H24N2O4S. The highest BCUT2D eigenvalue weighted by molar-refractivity contribution is 7.91. The van der Waals surface area contributed by atoms with E-state index in [9.17, 15) is 8.42 Å². The van der Waals surface area contributed by atoms with Gasteiger partial charge in [-0.05, 0) is 25.0 Å². The second-order valence-corrected chi connectivity index (χ2v) is 8.60. The highest BCUT2D eigenvalue weighted by atomic mass is 32.2. The fourth-order valence-corrected chi connectivity index (χ4v) is 4.09. The first-order valence-corrected chi connectivity index (χ1v) is 10.0. The number of anilines is 1. The largest absolute Gasteiger partial charge is 0.424 e. The van der Waals surface area contributed by atoms with Crippen molar-refractivity contribution in [2.45, 2.75) is 37.1 Å². The van der Waals surface area contributed by atoms with Crippen LogP contribution in [0.4, 0.5) is 5.88 Å². The molecule has 0 radical (unpaired) electrons. The first-order valence-electron chi connectivity index (χ1n) is 8.52. The standard InChI is InChI=1S/C18H24N2O4S/c1-13(2)12-16-19-17(18(24-16)20-8-10-23-11-9-20)25(21,22)15-6-4-14(3)5-7-15/h4-7,13H,8-12H2,1-3H3. The molecule has 1 aromatic heterocycles. The summed E-state index contributed by atoms with van der Waals surface area (Å²) in [6, 6.07) is 6.81. The lowest BCUT2D eigenvalue weighted by Gasteiger charge is -2.26. The van der Waals surface area contributed by atoms with E-state index >= 15 is 0 Å². The Kier molecular flexibility index (Phi) is 5.15. The minimum absolute atomic E-state index is 0.00824. The number of sulfone groups is 1. The highest BCUT2D eigenvalue weighted by Gasteiger charge is 2.31. The van der Waals surface area contributed by atoms with Crippen LogP contribution in [-0.2, 0) is 21.0 Å². The molecule has 0 amide bonds. The second-order valence-electron chi connectivity index (χ2n) is 6.73. The van der Waals surface area contributed by atoms with Gasteiger partial charge in [0, 0.05) is 19.5 Å². The van der Waals surface area contributed by atoms with Crippen molar-refractivity contribution in [1.82, 2.24) is 4.98 Å². The number of rotatable bonds is 5. The lowest BCUT2D eigenvalue weighted by atomic mass is 10.1. The number of benzene rings is 1. The summed E-state index contributed by atoms with van der Waals surface area (Å²) in [4.78, 5) is 6.50. The van der Waals surface area contributed by atoms with Crippen LogP contribution in [0, 0.1) is 12.8 Å². The van der Waals surface area contributed by atoms with Crippen molar-refractivity contribution in [3.8, 4) is 0 Å². The number of hydrogen-bond donors (Lipinski definition) is 0. The molecule has 1 fully saturated rings. The zero-order valence-electron chi connectivity index (χ0n) is 14.9. The predicted octanol–water partition coefficient (Wildman–Crippen LogP) is 2.85. The molecule has 7 heteroatoms. The first kappa shape index (κ1) is 17.9. The summed E-state index contributed by atoms with van der Waals surface area (Å²) in [5.41, 5.74) is 1.01. The fraction of sp³-hybridized carbons (Fsp3) is 0.500. The molecule has 0 N–H and O–H groups in total. The van der Waals surface area contributed by atoms with Crippen LogP contribution in [-0.4, -0.2) is 39.7 Å². The summed E-state index contributed by atoms with van der Waals surface area (Å²) in [7, 11) is -3.74. The van der Waals surface area contributed by atoms with Gasteiger partial charge in [0.25, 0.3) is 0 Å². The predicted molar refractivity (Wildman–Crippen MR) is 94.7 cm³/mol. The Balaban J connectivity index is 2.05. The number of morpholine rings is 1. The van der Waals surface area contributed by atoms with Crippen molar-refractivity contribution >= 4 is 15.7 Å². The zero-order chi connectivity index (χ0) is 18.0. The van der Waals surface area contributed by atoms with Gasteiger partial charge in [0.2, 0.25) is 20.7 Å². The van der Waals surface area contributed by atoms with Gasteiger partial charge in [-0.25, -0.2) is 8.42 Å². The van der Waals surface area contributed by atoms with Crippen molar-refractivity contribution in [3.63, 3.8) is 0 Å². The molecule has 6 nitrogen and oxygen atoms in total. The van der Waals surface area contributed by atoms with Crippen LogP contribution in [0.2, 0.25) is 0 Å². The molecule has 2 aromatic rings. The Morgan fingerprint density at radius 3 is 2.40 bits per heavy atom. The highest BCUT2D eigenvalue weighted by Crippen LogP contribution is 2.32. The van der Waals surface area contributed by atoms with E-state index in [2.05, 4.69) is 4.98 Å². The molecule has 0 atom stereocenters. The lowest BCUT2D eigenvalue weighted by Crippen LogP contribution is -2.36. The van der Waals surface area contributed by atoms with Gasteiger partial charge in [0.15, 0.2) is 5.89 Å². The summed E-state index contributed by atoms with van der Waals surface area (Å²) >= 11 is 0. The van der Waals surface area contributed by atoms with E-state index in [1.54, 1.807) is 24.3 Å². The molecule has 0 spiro atoms. The lowest BCUT2D eigenvalue weighted by molar-refractivity contribution is 0.120. The molecule has 1 aromatic carbocycles. The number of hydrogen-bond acceptors (Lipinski definition) is 6. The fourth-order valence-electron chi connectivity index (χ4n) is 2.75. The average Bonchev–Trinajstić information content (AvgIpc) is 3.00. The van der Waals surface area contributed by atoms with Crippen LogP contribution in [0.1, 0.15) is 25.3 Å². The molecule has 0 aliphatic carbocycles. The van der Waals surface area contributed by atoms with Crippen molar-refractivity contribution in [3.05, 3.63) is 35.7 Å². The third kappa shape index (κ3) is 3.88. The molecule has 1 saturated heterocycles. The molecule has 136 valence electrons. The monoisotopic (exact) mass is 364 g/mol. The van der Waals surface area contributed by atoms with Gasteiger partial charge in [-0.2, -0.15) is 4.98 Å². The van der Waals surface area contributed by atoms with Crippen LogP contribution in [0.25, 0.3) is 0 Å². The van der Waals surface area contributed by atoms with Crippen LogP contribution in [0.5, 0.6) is 0 Å². The van der Waals surface area contributed by atoms with Crippen LogP contribution in [0.15, 0.2) is 38.6 Å². The van der Waals surface area contributed by atoms with Gasteiger partial charge in [-0.3, -0.25) is 0 Å². The van der Waals surface area contributed by atoms with E-state index in [1.807, 2.05) is 25.7 Å². The van der Waals surface area contributed by atoms with Gasteiger partial charge in [-0.15, -0.1) is 0 Å². The Morgan fingerprint density at radius 1 is 1.16 bits per heavy atom. The maximum Gasteiger partial charge on any atom is 0.236 e. The molecule has 0 unspecified atom stereocenters. The van der Waals surface area contributed by atoms with E-state index in [0.29, 0.717) is 50.4 Å². The molecule has 25 heavy (non-hydrogen) atoms. The smallest absolute Gasteiger partial charge is 0.236 e. The Labute approximate surface area is 148 Å². The Hall–Kier alpha value is -1.86. The van der Waals surface area contributed by atoms with Crippen molar-refractivity contribution < 1.29 is 17.6 Å². The summed E-state index contributed by atoms with van der Waals surface area (Å²) in [5.74, 6) is 1.12. The topological polar surface area (TPSA) is 72.6 Å². The van der Waals surface area contributed by atoms with E-state index in [4.69, 9.17) is 9.15 Å². The van der Waals surface area contributed by atoms with E-state index in [1.165, 1.54) is 0 Å². The summed E-state index contributed by atoms with van der Waals surface area (Å²) in [5, 5.41) is 0.00824. The maximum absolute atomic E-state index is 13.1. The molecule has 1 aliphatic rings. The quantitative estimate of drug-likeness (QED) is 0.812. The average molecular weight is 364 g/mol. The van der Waals surface area contributed by atoms with Crippen molar-refractivity contribution in [2.75, 3.05) is 31.2 Å². The molecule has 0 bridgehead atoms. The van der Waals surface area contributed by atoms with Crippen molar-refractivity contribution in [1.29, 1.82) is 0 Å². The Morgan fingerprint density at radius 2 is 1.80 bits per heavy atom.